The predicted octanol–water partition coefficient (Wildman–Crippen LogP) is 4.22. The molecule has 0 aliphatic carbocycles. The first-order valence-electron chi connectivity index (χ1n) is 7.73. The van der Waals surface area contributed by atoms with Crippen molar-refractivity contribution in [3.05, 3.63) is 53.8 Å². The van der Waals surface area contributed by atoms with E-state index >= 15 is 0 Å². The molecule has 0 saturated heterocycles. The third kappa shape index (κ3) is 6.27. The Labute approximate surface area is 154 Å². The number of hydrogen-bond donors (Lipinski definition) is 1. The zero-order chi connectivity index (χ0) is 19.1. The maximum atomic E-state index is 13.7. The molecule has 8 heteroatoms. The molecule has 0 unspecified atom stereocenters. The average molecular weight is 384 g/mol. The molecule has 0 aromatic heterocycles. The minimum absolute atomic E-state index is 0.0984. The number of thioether (sulfide) groups is 1. The zero-order valence-corrected chi connectivity index (χ0v) is 15.2. The third-order valence-corrected chi connectivity index (χ3v) is 4.17. The first-order chi connectivity index (χ1) is 12.4. The molecule has 4 nitrogen and oxygen atoms in total. The van der Waals surface area contributed by atoms with E-state index in [4.69, 9.17) is 4.74 Å². The fraction of sp³-hybridized carbons (Fsp3) is 0.278. The Balaban J connectivity index is 1.85. The molecule has 0 heterocycles. The highest BCUT2D eigenvalue weighted by molar-refractivity contribution is 7.99. The summed E-state index contributed by atoms with van der Waals surface area (Å²) < 4.78 is 43.1. The number of carbonyl (C=O) groups excluding carboxylic acids is 1. The van der Waals surface area contributed by atoms with Crippen molar-refractivity contribution in [2.75, 3.05) is 26.0 Å². The van der Waals surface area contributed by atoms with Crippen LogP contribution < -0.4 is 10.1 Å². The molecule has 0 aliphatic heterocycles. The van der Waals surface area contributed by atoms with Crippen LogP contribution >= 0.6 is 11.8 Å². The minimum Gasteiger partial charge on any atom is -0.494 e. The van der Waals surface area contributed by atoms with E-state index in [1.54, 1.807) is 30.1 Å². The van der Waals surface area contributed by atoms with Gasteiger partial charge in [-0.25, -0.2) is 4.39 Å². The van der Waals surface area contributed by atoms with Crippen LogP contribution in [0, 0.1) is 5.82 Å². The van der Waals surface area contributed by atoms with Crippen molar-refractivity contribution in [2.24, 2.45) is 0 Å². The lowest BCUT2D eigenvalue weighted by atomic mass is 10.2. The molecule has 2 aromatic rings. The first-order valence-corrected chi connectivity index (χ1v) is 8.61. The predicted molar refractivity (Wildman–Crippen MR) is 96.2 cm³/mol. The summed E-state index contributed by atoms with van der Waals surface area (Å²) in [6.07, 6.45) is 0. The number of likely N-dealkylation sites (N-methyl/N-ethyl adjacent to an activating group) is 1. The fourth-order valence-electron chi connectivity index (χ4n) is 2.34. The second kappa shape index (κ2) is 9.49. The summed E-state index contributed by atoms with van der Waals surface area (Å²) >= 11 is 0.448. The lowest BCUT2D eigenvalue weighted by molar-refractivity contribution is -0.117. The van der Waals surface area contributed by atoms with E-state index in [0.29, 0.717) is 34.5 Å². The molecule has 0 fully saturated rings. The molecule has 2 aromatic carbocycles. The van der Waals surface area contributed by atoms with E-state index in [1.807, 2.05) is 0 Å². The Bertz CT molecular complexity index is 742. The summed E-state index contributed by atoms with van der Waals surface area (Å²) in [5.74, 6) is -3.02. The molecule has 2 rings (SSSR count). The lowest BCUT2D eigenvalue weighted by Gasteiger charge is -2.17. The number of halogens is 3. The van der Waals surface area contributed by atoms with Crippen molar-refractivity contribution in [1.29, 1.82) is 0 Å². The highest BCUT2D eigenvalue weighted by atomic mass is 32.2. The maximum absolute atomic E-state index is 13.7. The Morgan fingerprint density at radius 3 is 2.50 bits per heavy atom. The molecule has 0 bridgehead atoms. The van der Waals surface area contributed by atoms with E-state index in [2.05, 4.69) is 5.32 Å². The molecule has 140 valence electrons. The van der Waals surface area contributed by atoms with Crippen LogP contribution in [0.25, 0.3) is 0 Å². The molecule has 26 heavy (non-hydrogen) atoms. The van der Waals surface area contributed by atoms with Gasteiger partial charge in [0.05, 0.1) is 13.7 Å². The number of nitrogens with one attached hydrogen (secondary N) is 1. The molecular formula is C18H19F3N2O2S. The lowest BCUT2D eigenvalue weighted by Crippen LogP contribution is -2.29. The number of anilines is 1. The van der Waals surface area contributed by atoms with E-state index in [0.717, 1.165) is 0 Å². The van der Waals surface area contributed by atoms with Crippen LogP contribution in [0.2, 0.25) is 0 Å². The smallest absolute Gasteiger partial charge is 0.288 e. The number of methoxy groups -OCH3 is 1. The van der Waals surface area contributed by atoms with Crippen LogP contribution in [0.5, 0.6) is 5.75 Å². The number of benzene rings is 2. The maximum Gasteiger partial charge on any atom is 0.288 e. The SMILES string of the molecule is COc1ccc(CN(C)CC(=O)Nc2ccc(SC(F)F)cc2)cc1F. The van der Waals surface area contributed by atoms with Crippen LogP contribution in [-0.4, -0.2) is 37.3 Å². The summed E-state index contributed by atoms with van der Waals surface area (Å²) in [6.45, 7) is 0.486. The van der Waals surface area contributed by atoms with Gasteiger partial charge in [0.25, 0.3) is 5.76 Å². The van der Waals surface area contributed by atoms with Gasteiger partial charge in [0, 0.05) is 17.1 Å². The number of hydrogen-bond acceptors (Lipinski definition) is 4. The number of nitrogens with zero attached hydrogens (tertiary/aromatic N) is 1. The van der Waals surface area contributed by atoms with Gasteiger partial charge in [-0.05, 0) is 49.0 Å². The van der Waals surface area contributed by atoms with Crippen molar-refractivity contribution in [2.45, 2.75) is 17.2 Å². The van der Waals surface area contributed by atoms with Gasteiger partial charge < -0.3 is 10.1 Å². The van der Waals surface area contributed by atoms with Crippen molar-refractivity contribution < 1.29 is 22.7 Å². The molecule has 0 aliphatic rings. The first kappa shape index (κ1) is 20.1. The fourth-order valence-corrected chi connectivity index (χ4v) is 2.84. The zero-order valence-electron chi connectivity index (χ0n) is 14.3. The van der Waals surface area contributed by atoms with Crippen molar-refractivity contribution in [3.8, 4) is 5.75 Å². The van der Waals surface area contributed by atoms with Crippen molar-refractivity contribution >= 4 is 23.4 Å². The van der Waals surface area contributed by atoms with Crippen molar-refractivity contribution in [3.63, 3.8) is 0 Å². The van der Waals surface area contributed by atoms with Gasteiger partial charge in [0.15, 0.2) is 11.6 Å². The summed E-state index contributed by atoms with van der Waals surface area (Å²) in [4.78, 5) is 14.2. The molecule has 1 amide bonds. The monoisotopic (exact) mass is 384 g/mol. The Kier molecular flexibility index (Phi) is 7.35. The van der Waals surface area contributed by atoms with Crippen LogP contribution in [0.1, 0.15) is 5.56 Å². The van der Waals surface area contributed by atoms with Crippen LogP contribution in [0.3, 0.4) is 0 Å². The highest BCUT2D eigenvalue weighted by Crippen LogP contribution is 2.26. The average Bonchev–Trinajstić information content (AvgIpc) is 2.56. The second-order valence-electron chi connectivity index (χ2n) is 5.59. The van der Waals surface area contributed by atoms with Crippen molar-refractivity contribution in [1.82, 2.24) is 4.90 Å². The Morgan fingerprint density at radius 2 is 1.92 bits per heavy atom. The molecule has 0 radical (unpaired) electrons. The molecule has 1 N–H and O–H groups in total. The Hall–Kier alpha value is -2.19. The molecule has 0 saturated carbocycles. The van der Waals surface area contributed by atoms with Gasteiger partial charge in [-0.2, -0.15) is 8.78 Å². The Morgan fingerprint density at radius 1 is 1.23 bits per heavy atom. The summed E-state index contributed by atoms with van der Waals surface area (Å²) in [7, 11) is 3.14. The van der Waals surface area contributed by atoms with Gasteiger partial charge >= 0.3 is 0 Å². The van der Waals surface area contributed by atoms with E-state index < -0.39 is 11.6 Å². The molecule has 0 atom stereocenters. The largest absolute Gasteiger partial charge is 0.494 e. The number of amides is 1. The number of rotatable bonds is 8. The highest BCUT2D eigenvalue weighted by Gasteiger charge is 2.10. The topological polar surface area (TPSA) is 41.6 Å². The number of alkyl halides is 2. The van der Waals surface area contributed by atoms with Gasteiger partial charge in [-0.3, -0.25) is 9.69 Å². The quantitative estimate of drug-likeness (QED) is 0.692. The van der Waals surface area contributed by atoms with Gasteiger partial charge in [-0.1, -0.05) is 17.8 Å². The number of ether oxygens (including phenoxy) is 1. The molecule has 0 spiro atoms. The second-order valence-corrected chi connectivity index (χ2v) is 6.66. The standard InChI is InChI=1S/C18H19F3N2O2S/c1-23(10-12-3-8-16(25-2)15(19)9-12)11-17(24)22-13-4-6-14(7-5-13)26-18(20)21/h3-9,18H,10-11H2,1-2H3,(H,22,24). The molecular weight excluding hydrogens is 365 g/mol. The van der Waals surface area contributed by atoms with Crippen LogP contribution in [-0.2, 0) is 11.3 Å². The summed E-state index contributed by atoms with van der Waals surface area (Å²) in [6, 6.07) is 10.8. The normalized spacial score (nSPS) is 11.0. The van der Waals surface area contributed by atoms with Gasteiger partial charge in [0.1, 0.15) is 0 Å². The van der Waals surface area contributed by atoms with Gasteiger partial charge in [-0.15, -0.1) is 0 Å². The van der Waals surface area contributed by atoms with E-state index in [1.165, 1.54) is 31.4 Å². The van der Waals surface area contributed by atoms with E-state index in [9.17, 15) is 18.0 Å². The van der Waals surface area contributed by atoms with Gasteiger partial charge in [0.2, 0.25) is 5.91 Å². The van der Waals surface area contributed by atoms with E-state index in [-0.39, 0.29) is 18.2 Å². The minimum atomic E-state index is -2.48. The third-order valence-electron chi connectivity index (χ3n) is 3.45. The summed E-state index contributed by atoms with van der Waals surface area (Å²) in [5, 5.41) is 2.70. The van der Waals surface area contributed by atoms with Crippen LogP contribution in [0.4, 0.5) is 18.9 Å². The number of carbonyl (C=O) groups is 1. The summed E-state index contributed by atoms with van der Waals surface area (Å²) in [5.41, 5.74) is 1.24. The van der Waals surface area contributed by atoms with Crippen LogP contribution in [0.15, 0.2) is 47.4 Å².